The maximum atomic E-state index is 9.54. The molecule has 98 valence electrons. The molecule has 0 aliphatic carbocycles. The number of nitrogens with zero attached hydrogens (tertiary/aromatic N) is 2. The number of rotatable bonds is 7. The summed E-state index contributed by atoms with van der Waals surface area (Å²) in [5.41, 5.74) is -0.473. The summed E-state index contributed by atoms with van der Waals surface area (Å²) < 4.78 is 10.7. The van der Waals surface area contributed by atoms with E-state index in [2.05, 4.69) is 10.1 Å². The molecule has 1 atom stereocenters. The lowest BCUT2D eigenvalue weighted by Gasteiger charge is -2.25. The Balaban J connectivity index is 2.85. The van der Waals surface area contributed by atoms with Crippen LogP contribution in [0.15, 0.2) is 4.52 Å². The van der Waals surface area contributed by atoms with Crippen molar-refractivity contribution in [3.8, 4) is 0 Å². The van der Waals surface area contributed by atoms with Gasteiger partial charge in [0.2, 0.25) is 11.7 Å². The lowest BCUT2D eigenvalue weighted by molar-refractivity contribution is -0.0306. The molecule has 5 heteroatoms. The van der Waals surface area contributed by atoms with E-state index in [9.17, 15) is 5.11 Å². The zero-order chi connectivity index (χ0) is 12.9. The highest BCUT2D eigenvalue weighted by Crippen LogP contribution is 2.30. The molecule has 0 aliphatic heterocycles. The molecule has 0 bridgehead atoms. The van der Waals surface area contributed by atoms with Crippen molar-refractivity contribution in [3.63, 3.8) is 0 Å². The van der Waals surface area contributed by atoms with Crippen molar-refractivity contribution in [2.45, 2.75) is 58.2 Å². The molecule has 0 amide bonds. The van der Waals surface area contributed by atoms with Crippen LogP contribution >= 0.6 is 0 Å². The van der Waals surface area contributed by atoms with Crippen molar-refractivity contribution in [3.05, 3.63) is 11.7 Å². The Bertz CT molecular complexity index is 326. The van der Waals surface area contributed by atoms with Crippen molar-refractivity contribution in [2.75, 3.05) is 7.11 Å². The van der Waals surface area contributed by atoms with Gasteiger partial charge in [-0.05, 0) is 19.3 Å². The van der Waals surface area contributed by atoms with Crippen LogP contribution in [-0.2, 0) is 16.8 Å². The van der Waals surface area contributed by atoms with Gasteiger partial charge in [0.25, 0.3) is 0 Å². The van der Waals surface area contributed by atoms with Crippen LogP contribution in [0.5, 0.6) is 0 Å². The van der Waals surface area contributed by atoms with Gasteiger partial charge in [-0.3, -0.25) is 0 Å². The molecule has 1 heterocycles. The van der Waals surface area contributed by atoms with E-state index in [0.29, 0.717) is 24.6 Å². The fraction of sp³-hybridized carbons (Fsp3) is 0.833. The number of aromatic nitrogens is 2. The largest absolute Gasteiger partial charge is 0.393 e. The summed E-state index contributed by atoms with van der Waals surface area (Å²) in [6, 6.07) is 0. The molecule has 0 aromatic carbocycles. The first-order valence-electron chi connectivity index (χ1n) is 6.18. The lowest BCUT2D eigenvalue weighted by atomic mass is 9.96. The predicted octanol–water partition coefficient (Wildman–Crippen LogP) is 2.04. The Kier molecular flexibility index (Phi) is 5.08. The molecule has 0 spiro atoms. The summed E-state index contributed by atoms with van der Waals surface area (Å²) >= 11 is 0. The van der Waals surface area contributed by atoms with Crippen LogP contribution < -0.4 is 0 Å². The highest BCUT2D eigenvalue weighted by atomic mass is 16.5. The second-order valence-corrected chi connectivity index (χ2v) is 4.18. The third-order valence-electron chi connectivity index (χ3n) is 3.29. The summed E-state index contributed by atoms with van der Waals surface area (Å²) in [4.78, 5) is 4.32. The Labute approximate surface area is 102 Å². The minimum atomic E-state index is -0.473. The van der Waals surface area contributed by atoms with Gasteiger partial charge >= 0.3 is 0 Å². The normalized spacial score (nSPS) is 13.9. The summed E-state index contributed by atoms with van der Waals surface area (Å²) in [5, 5.41) is 13.5. The fourth-order valence-electron chi connectivity index (χ4n) is 1.81. The Morgan fingerprint density at radius 2 is 2.00 bits per heavy atom. The van der Waals surface area contributed by atoms with Crippen LogP contribution in [0.2, 0.25) is 0 Å². The molecule has 0 saturated heterocycles. The van der Waals surface area contributed by atoms with Crippen molar-refractivity contribution in [2.24, 2.45) is 0 Å². The summed E-state index contributed by atoms with van der Waals surface area (Å²) in [6.07, 6.45) is 2.22. The van der Waals surface area contributed by atoms with Gasteiger partial charge in [0, 0.05) is 7.11 Å². The molecule has 1 N–H and O–H groups in total. The minimum Gasteiger partial charge on any atom is -0.393 e. The van der Waals surface area contributed by atoms with Crippen LogP contribution in [-0.4, -0.2) is 28.5 Å². The van der Waals surface area contributed by atoms with Gasteiger partial charge in [-0.25, -0.2) is 0 Å². The van der Waals surface area contributed by atoms with Crippen molar-refractivity contribution < 1.29 is 14.4 Å². The fourth-order valence-corrected chi connectivity index (χ4v) is 1.81. The second-order valence-electron chi connectivity index (χ2n) is 4.18. The van der Waals surface area contributed by atoms with Gasteiger partial charge in [-0.2, -0.15) is 4.98 Å². The molecule has 0 aliphatic rings. The predicted molar refractivity (Wildman–Crippen MR) is 63.6 cm³/mol. The van der Waals surface area contributed by atoms with Gasteiger partial charge in [0.05, 0.1) is 12.5 Å². The Morgan fingerprint density at radius 3 is 2.47 bits per heavy atom. The van der Waals surface area contributed by atoms with E-state index in [0.717, 1.165) is 12.8 Å². The maximum absolute atomic E-state index is 9.54. The maximum Gasteiger partial charge on any atom is 0.229 e. The smallest absolute Gasteiger partial charge is 0.229 e. The first-order valence-corrected chi connectivity index (χ1v) is 6.18. The van der Waals surface area contributed by atoms with Gasteiger partial charge < -0.3 is 14.4 Å². The Hall–Kier alpha value is -0.940. The SMILES string of the molecule is CCC(O)Cc1nc(C(CC)(CC)OC)no1. The average molecular weight is 242 g/mol. The molecule has 0 fully saturated rings. The molecule has 17 heavy (non-hydrogen) atoms. The third-order valence-corrected chi connectivity index (χ3v) is 3.29. The number of hydrogen-bond donors (Lipinski definition) is 1. The molecular weight excluding hydrogens is 220 g/mol. The van der Waals surface area contributed by atoms with E-state index in [1.165, 1.54) is 0 Å². The molecule has 0 saturated carbocycles. The average Bonchev–Trinajstić information content (AvgIpc) is 2.81. The van der Waals surface area contributed by atoms with Crippen LogP contribution in [0.3, 0.4) is 0 Å². The second kappa shape index (κ2) is 6.12. The van der Waals surface area contributed by atoms with Crippen LogP contribution in [0.25, 0.3) is 0 Å². The monoisotopic (exact) mass is 242 g/mol. The minimum absolute atomic E-state index is 0.400. The number of hydrogen-bond acceptors (Lipinski definition) is 5. The van der Waals surface area contributed by atoms with Crippen molar-refractivity contribution >= 4 is 0 Å². The summed E-state index contributed by atoms with van der Waals surface area (Å²) in [6.45, 7) is 5.98. The van der Waals surface area contributed by atoms with Crippen LogP contribution in [0, 0.1) is 0 Å². The zero-order valence-electron chi connectivity index (χ0n) is 11.1. The van der Waals surface area contributed by atoms with E-state index >= 15 is 0 Å². The van der Waals surface area contributed by atoms with Crippen LogP contribution in [0.1, 0.15) is 51.7 Å². The number of methoxy groups -OCH3 is 1. The van der Waals surface area contributed by atoms with E-state index in [1.807, 2.05) is 20.8 Å². The lowest BCUT2D eigenvalue weighted by Crippen LogP contribution is -2.28. The van der Waals surface area contributed by atoms with Gasteiger partial charge in [0.15, 0.2) is 0 Å². The van der Waals surface area contributed by atoms with E-state index in [4.69, 9.17) is 9.26 Å². The van der Waals surface area contributed by atoms with E-state index in [1.54, 1.807) is 7.11 Å². The molecule has 0 radical (unpaired) electrons. The van der Waals surface area contributed by atoms with E-state index < -0.39 is 11.7 Å². The van der Waals surface area contributed by atoms with Crippen LogP contribution in [0.4, 0.5) is 0 Å². The van der Waals surface area contributed by atoms with Gasteiger partial charge in [-0.15, -0.1) is 0 Å². The number of ether oxygens (including phenoxy) is 1. The Morgan fingerprint density at radius 1 is 1.35 bits per heavy atom. The van der Waals surface area contributed by atoms with E-state index in [-0.39, 0.29) is 0 Å². The quantitative estimate of drug-likeness (QED) is 0.792. The van der Waals surface area contributed by atoms with Crippen molar-refractivity contribution in [1.29, 1.82) is 0 Å². The highest BCUT2D eigenvalue weighted by Gasteiger charge is 2.33. The molecule has 1 unspecified atom stereocenters. The molecule has 1 rings (SSSR count). The molecular formula is C12H22N2O3. The standard InChI is InChI=1S/C12H22N2O3/c1-5-9(15)8-10-13-11(14-17-10)12(6-2,7-3)16-4/h9,15H,5-8H2,1-4H3. The molecule has 1 aromatic heterocycles. The summed E-state index contributed by atoms with van der Waals surface area (Å²) in [5.74, 6) is 1.04. The number of aliphatic hydroxyl groups excluding tert-OH is 1. The molecule has 1 aromatic rings. The number of aliphatic hydroxyl groups is 1. The third kappa shape index (κ3) is 3.04. The van der Waals surface area contributed by atoms with Crippen molar-refractivity contribution in [1.82, 2.24) is 10.1 Å². The van der Waals surface area contributed by atoms with Gasteiger partial charge in [-0.1, -0.05) is 25.9 Å². The first-order chi connectivity index (χ1) is 8.11. The topological polar surface area (TPSA) is 68.4 Å². The summed E-state index contributed by atoms with van der Waals surface area (Å²) in [7, 11) is 1.66. The highest BCUT2D eigenvalue weighted by molar-refractivity contribution is 5.01. The van der Waals surface area contributed by atoms with Gasteiger partial charge in [0.1, 0.15) is 5.60 Å². The first kappa shape index (κ1) is 14.1. The zero-order valence-corrected chi connectivity index (χ0v) is 11.1. The molecule has 5 nitrogen and oxygen atoms in total.